The molecule has 0 amide bonds. The monoisotopic (exact) mass is 1270 g/mol. The minimum absolute atomic E-state index is 0.103. The topological polar surface area (TPSA) is 237 Å². The number of ether oxygens (including phenoxy) is 4. The second-order valence-corrected chi connectivity index (χ2v) is 28.6. The molecule has 0 spiro atoms. The molecule has 0 fully saturated rings. The lowest BCUT2D eigenvalue weighted by molar-refractivity contribution is -0.161. The molecule has 0 bridgehead atoms. The average molecular weight is 1270 g/mol. The molecule has 0 aliphatic rings. The van der Waals surface area contributed by atoms with Crippen LogP contribution >= 0.6 is 15.6 Å². The summed E-state index contributed by atoms with van der Waals surface area (Å²) in [5, 5.41) is 10.6. The van der Waals surface area contributed by atoms with E-state index < -0.39 is 97.5 Å². The molecule has 19 heteroatoms. The Kier molecular flexibility index (Phi) is 55.7. The molecule has 0 aromatic carbocycles. The van der Waals surface area contributed by atoms with Crippen LogP contribution in [-0.2, 0) is 65.4 Å². The molecular formula is C67H130O17P2. The summed E-state index contributed by atoms with van der Waals surface area (Å²) in [4.78, 5) is 72.4. The minimum Gasteiger partial charge on any atom is -0.462 e. The van der Waals surface area contributed by atoms with Crippen molar-refractivity contribution >= 4 is 39.5 Å². The van der Waals surface area contributed by atoms with Gasteiger partial charge >= 0.3 is 39.5 Å². The van der Waals surface area contributed by atoms with E-state index in [4.69, 9.17) is 37.0 Å². The Morgan fingerprint density at radius 3 is 0.826 bits per heavy atom. The van der Waals surface area contributed by atoms with Crippen molar-refractivity contribution in [2.45, 2.75) is 343 Å². The molecule has 0 aromatic rings. The summed E-state index contributed by atoms with van der Waals surface area (Å²) in [7, 11) is -9.90. The number of hydrogen-bond donors (Lipinski definition) is 3. The van der Waals surface area contributed by atoms with Crippen molar-refractivity contribution < 1.29 is 80.2 Å². The zero-order chi connectivity index (χ0) is 63.9. The first-order valence-corrected chi connectivity index (χ1v) is 37.8. The Bertz CT molecular complexity index is 1720. The molecule has 0 aliphatic carbocycles. The van der Waals surface area contributed by atoms with Crippen LogP contribution < -0.4 is 0 Å². The molecule has 3 N–H and O–H groups in total. The average Bonchev–Trinajstić information content (AvgIpc) is 3.68. The molecule has 7 atom stereocenters. The molecule has 0 aliphatic heterocycles. The summed E-state index contributed by atoms with van der Waals surface area (Å²) in [6, 6.07) is 0. The fourth-order valence-electron chi connectivity index (χ4n) is 9.89. The maximum atomic E-state index is 13.0. The Morgan fingerprint density at radius 2 is 0.558 bits per heavy atom. The van der Waals surface area contributed by atoms with Crippen molar-refractivity contribution in [1.82, 2.24) is 0 Å². The van der Waals surface area contributed by atoms with Crippen LogP contribution in [0.5, 0.6) is 0 Å². The number of phosphoric ester groups is 2. The van der Waals surface area contributed by atoms with Gasteiger partial charge in [0.2, 0.25) is 0 Å². The first-order chi connectivity index (χ1) is 41.2. The summed E-state index contributed by atoms with van der Waals surface area (Å²) in [5.41, 5.74) is 0. The van der Waals surface area contributed by atoms with Gasteiger partial charge in [-0.05, 0) is 49.4 Å². The molecular weight excluding hydrogens is 1140 g/mol. The van der Waals surface area contributed by atoms with E-state index in [1.807, 2.05) is 0 Å². The van der Waals surface area contributed by atoms with Crippen molar-refractivity contribution in [2.24, 2.45) is 23.7 Å². The van der Waals surface area contributed by atoms with Crippen molar-refractivity contribution in [3.63, 3.8) is 0 Å². The van der Waals surface area contributed by atoms with Crippen LogP contribution in [0.15, 0.2) is 0 Å². The molecule has 510 valence electrons. The molecule has 0 radical (unpaired) electrons. The quantitative estimate of drug-likeness (QED) is 0.0222. The zero-order valence-corrected chi connectivity index (χ0v) is 57.7. The highest BCUT2D eigenvalue weighted by molar-refractivity contribution is 7.47. The second kappa shape index (κ2) is 57.0. The number of rotatable bonds is 64. The van der Waals surface area contributed by atoms with Crippen LogP contribution in [0.2, 0.25) is 0 Å². The highest BCUT2D eigenvalue weighted by Gasteiger charge is 2.30. The molecule has 4 unspecified atom stereocenters. The van der Waals surface area contributed by atoms with Gasteiger partial charge in [-0.2, -0.15) is 0 Å². The van der Waals surface area contributed by atoms with Crippen molar-refractivity contribution in [2.75, 3.05) is 39.6 Å². The van der Waals surface area contributed by atoms with Gasteiger partial charge in [0.05, 0.1) is 26.4 Å². The summed E-state index contributed by atoms with van der Waals surface area (Å²) in [6.45, 7) is 14.0. The van der Waals surface area contributed by atoms with Crippen LogP contribution in [0.1, 0.15) is 325 Å². The summed E-state index contributed by atoms with van der Waals surface area (Å²) < 4.78 is 68.1. The maximum absolute atomic E-state index is 13.0. The van der Waals surface area contributed by atoms with Crippen molar-refractivity contribution in [3.8, 4) is 0 Å². The number of unbranched alkanes of at least 4 members (excludes halogenated alkanes) is 28. The van der Waals surface area contributed by atoms with Gasteiger partial charge in [-0.1, -0.05) is 274 Å². The fraction of sp³-hybridized carbons (Fsp3) is 0.940. The van der Waals surface area contributed by atoms with Gasteiger partial charge in [0.1, 0.15) is 19.3 Å². The highest BCUT2D eigenvalue weighted by Crippen LogP contribution is 2.45. The van der Waals surface area contributed by atoms with Crippen LogP contribution in [0.25, 0.3) is 0 Å². The molecule has 0 saturated heterocycles. The Labute approximate surface area is 524 Å². The molecule has 86 heavy (non-hydrogen) atoms. The predicted molar refractivity (Wildman–Crippen MR) is 344 cm³/mol. The Hall–Kier alpha value is -1.94. The zero-order valence-electron chi connectivity index (χ0n) is 55.9. The maximum Gasteiger partial charge on any atom is 0.472 e. The first kappa shape index (κ1) is 84.1. The van der Waals surface area contributed by atoms with Gasteiger partial charge < -0.3 is 33.8 Å². The standard InChI is InChI=1S/C67H130O17P2/c1-9-59(7)45-37-29-21-17-18-24-34-42-50-67(72)84-63(54-78-65(70)48-40-32-26-25-30-38-46-60(8)10-2)56-82-86(75,76)80-52-61(68)51-79-85(73,74)81-55-62(83-66(71)49-41-33-23-16-12-14-20-28-36-44-58(5)6)53-77-64(69)47-39-31-22-15-11-13-19-27-35-43-57(3)4/h57-63,68H,9-56H2,1-8H3,(H,73,74)(H,75,76)/t59?,60?,61-,62-,63-/m1/s1. The van der Waals surface area contributed by atoms with Crippen LogP contribution in [0.4, 0.5) is 0 Å². The lowest BCUT2D eigenvalue weighted by Crippen LogP contribution is -2.30. The number of aliphatic hydroxyl groups is 1. The molecule has 0 heterocycles. The molecule has 0 aromatic heterocycles. The van der Waals surface area contributed by atoms with E-state index in [9.17, 15) is 43.2 Å². The minimum atomic E-state index is -4.95. The van der Waals surface area contributed by atoms with Crippen LogP contribution in [0.3, 0.4) is 0 Å². The van der Waals surface area contributed by atoms with Crippen molar-refractivity contribution in [1.29, 1.82) is 0 Å². The van der Waals surface area contributed by atoms with E-state index in [0.717, 1.165) is 120 Å². The number of hydrogen-bond acceptors (Lipinski definition) is 15. The molecule has 0 saturated carbocycles. The van der Waals surface area contributed by atoms with Gasteiger partial charge in [0.15, 0.2) is 12.2 Å². The van der Waals surface area contributed by atoms with Gasteiger partial charge in [-0.25, -0.2) is 9.13 Å². The number of aliphatic hydroxyl groups excluding tert-OH is 1. The third kappa shape index (κ3) is 58.4. The first-order valence-electron chi connectivity index (χ1n) is 34.8. The Morgan fingerprint density at radius 1 is 0.326 bits per heavy atom. The number of phosphoric acid groups is 2. The summed E-state index contributed by atoms with van der Waals surface area (Å²) >= 11 is 0. The fourth-order valence-corrected chi connectivity index (χ4v) is 11.5. The van der Waals surface area contributed by atoms with Gasteiger partial charge in [0.25, 0.3) is 0 Å². The molecule has 0 rings (SSSR count). The predicted octanol–water partition coefficient (Wildman–Crippen LogP) is 18.5. The number of esters is 4. The van der Waals surface area contributed by atoms with E-state index >= 15 is 0 Å². The normalized spacial score (nSPS) is 15.0. The number of carbonyl (C=O) groups excluding carboxylic acids is 4. The van der Waals surface area contributed by atoms with Gasteiger partial charge in [-0.15, -0.1) is 0 Å². The highest BCUT2D eigenvalue weighted by atomic mass is 31.2. The van der Waals surface area contributed by atoms with E-state index in [0.29, 0.717) is 25.7 Å². The Balaban J connectivity index is 5.27. The van der Waals surface area contributed by atoms with Crippen LogP contribution in [-0.4, -0.2) is 96.7 Å². The lowest BCUT2D eigenvalue weighted by atomic mass is 9.99. The van der Waals surface area contributed by atoms with E-state index in [2.05, 4.69) is 55.4 Å². The second-order valence-electron chi connectivity index (χ2n) is 25.6. The van der Waals surface area contributed by atoms with E-state index in [1.165, 1.54) is 122 Å². The van der Waals surface area contributed by atoms with E-state index in [-0.39, 0.29) is 25.7 Å². The van der Waals surface area contributed by atoms with E-state index in [1.54, 1.807) is 0 Å². The largest absolute Gasteiger partial charge is 0.472 e. The summed E-state index contributed by atoms with van der Waals surface area (Å²) in [6.07, 6.45) is 37.5. The number of carbonyl (C=O) groups is 4. The third-order valence-electron chi connectivity index (χ3n) is 16.0. The van der Waals surface area contributed by atoms with Crippen molar-refractivity contribution in [3.05, 3.63) is 0 Å². The smallest absolute Gasteiger partial charge is 0.462 e. The summed E-state index contributed by atoms with van der Waals surface area (Å²) in [5.74, 6) is 0.844. The lowest BCUT2D eigenvalue weighted by Gasteiger charge is -2.21. The van der Waals surface area contributed by atoms with Crippen LogP contribution in [0, 0.1) is 23.7 Å². The van der Waals surface area contributed by atoms with Gasteiger partial charge in [0, 0.05) is 25.7 Å². The SMILES string of the molecule is CCC(C)CCCCCCCCCCC(=O)O[C@H](COC(=O)CCCCCCCCC(C)CC)COP(=O)(O)OC[C@H](O)COP(=O)(O)OC[C@@H](COC(=O)CCCCCCCCCCCC(C)C)OC(=O)CCCCCCCCCCCC(C)C. The van der Waals surface area contributed by atoms with Gasteiger partial charge in [-0.3, -0.25) is 37.3 Å². The third-order valence-corrected chi connectivity index (χ3v) is 17.9. The molecule has 17 nitrogen and oxygen atoms in total.